The van der Waals surface area contributed by atoms with Crippen LogP contribution in [0.15, 0.2) is 12.4 Å². The molecule has 0 aliphatic heterocycles. The Morgan fingerprint density at radius 3 is 2.00 bits per heavy atom. The van der Waals surface area contributed by atoms with Gasteiger partial charge in [0.15, 0.2) is 5.69 Å². The fourth-order valence-corrected chi connectivity index (χ4v) is 5.39. The van der Waals surface area contributed by atoms with Crippen LogP contribution in [0.25, 0.3) is 0 Å². The van der Waals surface area contributed by atoms with Crippen LogP contribution in [0, 0.1) is 23.7 Å². The van der Waals surface area contributed by atoms with Crippen LogP contribution in [0.4, 0.5) is 0 Å². The normalized spacial score (nSPS) is 34.4. The van der Waals surface area contributed by atoms with Crippen molar-refractivity contribution in [1.29, 1.82) is 0 Å². The molecular formula is C17H21N3O3. The molecule has 4 aliphatic carbocycles. The van der Waals surface area contributed by atoms with E-state index in [0.29, 0.717) is 17.9 Å². The molecule has 4 saturated carbocycles. The van der Waals surface area contributed by atoms with Crippen LogP contribution < -0.4 is 0 Å². The minimum absolute atomic E-state index is 0.140. The second kappa shape index (κ2) is 5.28. The highest BCUT2D eigenvalue weighted by molar-refractivity contribution is 5.92. The first-order valence-corrected chi connectivity index (χ1v) is 8.35. The van der Waals surface area contributed by atoms with Crippen LogP contribution in [0.3, 0.4) is 0 Å². The molecule has 6 nitrogen and oxygen atoms in total. The van der Waals surface area contributed by atoms with E-state index in [1.165, 1.54) is 38.3 Å². The topological polar surface area (TPSA) is 83.4 Å². The molecule has 122 valence electrons. The highest BCUT2D eigenvalue weighted by Gasteiger charge is 2.50. The van der Waals surface area contributed by atoms with E-state index < -0.39 is 5.97 Å². The number of carboxylic acids is 1. The van der Waals surface area contributed by atoms with Gasteiger partial charge < -0.3 is 10.0 Å². The highest BCUT2D eigenvalue weighted by Crippen LogP contribution is 2.55. The van der Waals surface area contributed by atoms with Gasteiger partial charge in [-0.25, -0.2) is 14.8 Å². The third-order valence-electron chi connectivity index (χ3n) is 6.03. The van der Waals surface area contributed by atoms with Gasteiger partial charge in [-0.2, -0.15) is 0 Å². The van der Waals surface area contributed by atoms with Gasteiger partial charge in [0, 0.05) is 13.1 Å². The minimum atomic E-state index is -1.13. The molecule has 4 bridgehead atoms. The SMILES string of the molecule is CN(C(=O)c1cnc(C(=O)O)cn1)C1C2CC3CC(C2)CC1C3. The summed E-state index contributed by atoms with van der Waals surface area (Å²) in [6.45, 7) is 0. The molecule has 4 fully saturated rings. The summed E-state index contributed by atoms with van der Waals surface area (Å²) in [6.07, 6.45) is 8.81. The van der Waals surface area contributed by atoms with E-state index in [2.05, 4.69) is 9.97 Å². The predicted molar refractivity (Wildman–Crippen MR) is 81.9 cm³/mol. The molecule has 0 radical (unpaired) electrons. The molecule has 0 aromatic carbocycles. The lowest BCUT2D eigenvalue weighted by Gasteiger charge is -2.56. The molecule has 0 atom stereocenters. The number of aromatic carboxylic acids is 1. The lowest BCUT2D eigenvalue weighted by atomic mass is 9.54. The molecule has 6 heteroatoms. The Labute approximate surface area is 134 Å². The largest absolute Gasteiger partial charge is 0.476 e. The molecule has 23 heavy (non-hydrogen) atoms. The van der Waals surface area contributed by atoms with Crippen molar-refractivity contribution in [3.05, 3.63) is 23.8 Å². The van der Waals surface area contributed by atoms with E-state index >= 15 is 0 Å². The van der Waals surface area contributed by atoms with E-state index in [4.69, 9.17) is 5.11 Å². The van der Waals surface area contributed by atoms with E-state index in [0.717, 1.165) is 18.0 Å². The average molecular weight is 315 g/mol. The fraction of sp³-hybridized carbons (Fsp3) is 0.647. The second-order valence-electron chi connectivity index (χ2n) is 7.43. The van der Waals surface area contributed by atoms with E-state index in [1.54, 1.807) is 0 Å². The predicted octanol–water partition coefficient (Wildman–Crippen LogP) is 2.07. The summed E-state index contributed by atoms with van der Waals surface area (Å²) in [5.74, 6) is 1.69. The van der Waals surface area contributed by atoms with Crippen molar-refractivity contribution < 1.29 is 14.7 Å². The standard InChI is InChI=1S/C17H21N3O3/c1-20(16(21)13-7-19-14(8-18-13)17(22)23)15-11-3-9-2-10(5-11)6-12(15)4-9/h7-12,15H,2-6H2,1H3,(H,22,23). The Morgan fingerprint density at radius 1 is 1.00 bits per heavy atom. The summed E-state index contributed by atoms with van der Waals surface area (Å²) < 4.78 is 0. The molecule has 1 aromatic rings. The minimum Gasteiger partial charge on any atom is -0.476 e. The summed E-state index contributed by atoms with van der Waals surface area (Å²) >= 11 is 0. The second-order valence-corrected chi connectivity index (χ2v) is 7.43. The first-order chi connectivity index (χ1) is 11.0. The lowest BCUT2D eigenvalue weighted by molar-refractivity contribution is -0.0492. The maximum absolute atomic E-state index is 12.7. The molecule has 1 aromatic heterocycles. The monoisotopic (exact) mass is 315 g/mol. The summed E-state index contributed by atoms with van der Waals surface area (Å²) in [4.78, 5) is 33.2. The molecule has 0 unspecified atom stereocenters. The van der Waals surface area contributed by atoms with Gasteiger partial charge in [0.1, 0.15) is 5.69 Å². The molecule has 1 N–H and O–H groups in total. The van der Waals surface area contributed by atoms with Crippen LogP contribution in [-0.2, 0) is 0 Å². The van der Waals surface area contributed by atoms with Crippen molar-refractivity contribution in [2.24, 2.45) is 23.7 Å². The third-order valence-corrected chi connectivity index (χ3v) is 6.03. The van der Waals surface area contributed by atoms with Gasteiger partial charge in [-0.3, -0.25) is 4.79 Å². The van der Waals surface area contributed by atoms with Crippen molar-refractivity contribution >= 4 is 11.9 Å². The molecule has 1 heterocycles. The Hall–Kier alpha value is -1.98. The van der Waals surface area contributed by atoms with Gasteiger partial charge in [-0.1, -0.05) is 0 Å². The Kier molecular flexibility index (Phi) is 3.36. The molecular weight excluding hydrogens is 294 g/mol. The van der Waals surface area contributed by atoms with Crippen LogP contribution in [0.1, 0.15) is 53.1 Å². The van der Waals surface area contributed by atoms with Crippen molar-refractivity contribution in [1.82, 2.24) is 14.9 Å². The smallest absolute Gasteiger partial charge is 0.356 e. The van der Waals surface area contributed by atoms with E-state index in [1.807, 2.05) is 11.9 Å². The number of rotatable bonds is 3. The van der Waals surface area contributed by atoms with Crippen molar-refractivity contribution in [3.63, 3.8) is 0 Å². The van der Waals surface area contributed by atoms with Crippen LogP contribution in [-0.4, -0.2) is 44.9 Å². The molecule has 0 saturated heterocycles. The summed E-state index contributed by atoms with van der Waals surface area (Å²) in [7, 11) is 1.86. The van der Waals surface area contributed by atoms with Crippen LogP contribution >= 0.6 is 0 Å². The Morgan fingerprint density at radius 2 is 1.52 bits per heavy atom. The first kappa shape index (κ1) is 14.6. The Bertz CT molecular complexity index is 615. The van der Waals surface area contributed by atoms with Gasteiger partial charge in [0.05, 0.1) is 12.4 Å². The van der Waals surface area contributed by atoms with Crippen LogP contribution in [0.2, 0.25) is 0 Å². The Balaban J connectivity index is 1.53. The van der Waals surface area contributed by atoms with Crippen LogP contribution in [0.5, 0.6) is 0 Å². The number of carbonyl (C=O) groups is 2. The number of amides is 1. The maximum atomic E-state index is 12.7. The van der Waals surface area contributed by atoms with Gasteiger partial charge in [-0.05, 0) is 55.8 Å². The number of carbonyl (C=O) groups excluding carboxylic acids is 1. The van der Waals surface area contributed by atoms with E-state index in [9.17, 15) is 9.59 Å². The number of carboxylic acid groups (broad SMARTS) is 1. The van der Waals surface area contributed by atoms with Crippen molar-refractivity contribution in [3.8, 4) is 0 Å². The maximum Gasteiger partial charge on any atom is 0.356 e. The molecule has 0 spiro atoms. The fourth-order valence-electron chi connectivity index (χ4n) is 5.39. The highest BCUT2D eigenvalue weighted by atomic mass is 16.4. The van der Waals surface area contributed by atoms with E-state index in [-0.39, 0.29) is 17.3 Å². The number of hydrogen-bond acceptors (Lipinski definition) is 4. The quantitative estimate of drug-likeness (QED) is 0.923. The average Bonchev–Trinajstić information content (AvgIpc) is 2.53. The zero-order valence-electron chi connectivity index (χ0n) is 13.2. The molecule has 1 amide bonds. The lowest BCUT2D eigenvalue weighted by Crippen LogP contribution is -2.56. The van der Waals surface area contributed by atoms with Gasteiger partial charge in [0.25, 0.3) is 5.91 Å². The zero-order chi connectivity index (χ0) is 16.1. The summed E-state index contributed by atoms with van der Waals surface area (Å²) in [6, 6.07) is 0.302. The third kappa shape index (κ3) is 2.40. The first-order valence-electron chi connectivity index (χ1n) is 8.35. The molecule has 4 aliphatic rings. The van der Waals surface area contributed by atoms with Gasteiger partial charge in [-0.15, -0.1) is 0 Å². The number of nitrogens with zero attached hydrogens (tertiary/aromatic N) is 3. The van der Waals surface area contributed by atoms with Gasteiger partial charge >= 0.3 is 5.97 Å². The number of hydrogen-bond donors (Lipinski definition) is 1. The summed E-state index contributed by atoms with van der Waals surface area (Å²) in [5.41, 5.74) is 0.0881. The summed E-state index contributed by atoms with van der Waals surface area (Å²) in [5, 5.41) is 8.87. The van der Waals surface area contributed by atoms with Gasteiger partial charge in [0.2, 0.25) is 0 Å². The molecule has 5 rings (SSSR count). The zero-order valence-corrected chi connectivity index (χ0v) is 13.2. The van der Waals surface area contributed by atoms with Crippen molar-refractivity contribution in [2.45, 2.75) is 38.1 Å². The van der Waals surface area contributed by atoms with Crippen molar-refractivity contribution in [2.75, 3.05) is 7.05 Å². The number of aromatic nitrogens is 2.